The molecule has 1 aliphatic rings. The molecule has 2 atom stereocenters. The molecule has 1 aromatic rings. The standard InChI is InChI=1S/C10H13NO4/c12-5-8-9(6-13)15-10(14-8)7-2-1-3-11-4-7/h1-4,8-10,12-13H,5-6H2/t8-,9-/m1/s1. The molecule has 0 radical (unpaired) electrons. The molecule has 1 fully saturated rings. The molecule has 5 heteroatoms. The summed E-state index contributed by atoms with van der Waals surface area (Å²) < 4.78 is 10.9. The van der Waals surface area contributed by atoms with E-state index in [0.29, 0.717) is 0 Å². The lowest BCUT2D eigenvalue weighted by Gasteiger charge is -2.09. The van der Waals surface area contributed by atoms with Gasteiger partial charge in [-0.1, -0.05) is 6.07 Å². The molecular weight excluding hydrogens is 198 g/mol. The zero-order valence-electron chi connectivity index (χ0n) is 8.11. The van der Waals surface area contributed by atoms with Gasteiger partial charge in [0.15, 0.2) is 6.29 Å². The van der Waals surface area contributed by atoms with Crippen LogP contribution < -0.4 is 0 Å². The highest BCUT2D eigenvalue weighted by atomic mass is 16.7. The minimum atomic E-state index is -0.548. The lowest BCUT2D eigenvalue weighted by Crippen LogP contribution is -2.29. The van der Waals surface area contributed by atoms with Gasteiger partial charge < -0.3 is 19.7 Å². The average molecular weight is 211 g/mol. The van der Waals surface area contributed by atoms with Crippen molar-refractivity contribution in [3.8, 4) is 0 Å². The van der Waals surface area contributed by atoms with Crippen LogP contribution in [0.3, 0.4) is 0 Å². The fourth-order valence-electron chi connectivity index (χ4n) is 1.52. The maximum atomic E-state index is 9.00. The summed E-state index contributed by atoms with van der Waals surface area (Å²) in [5, 5.41) is 18.0. The Morgan fingerprint density at radius 1 is 1.20 bits per heavy atom. The first-order valence-corrected chi connectivity index (χ1v) is 4.77. The van der Waals surface area contributed by atoms with Gasteiger partial charge in [0, 0.05) is 18.0 Å². The molecule has 2 rings (SSSR count). The largest absolute Gasteiger partial charge is 0.394 e. The predicted octanol–water partition coefficient (Wildman–Crippen LogP) is -0.151. The van der Waals surface area contributed by atoms with E-state index in [1.165, 1.54) is 0 Å². The Balaban J connectivity index is 2.08. The zero-order chi connectivity index (χ0) is 10.7. The Kier molecular flexibility index (Phi) is 3.27. The molecule has 0 amide bonds. The van der Waals surface area contributed by atoms with Crippen LogP contribution in [0.2, 0.25) is 0 Å². The van der Waals surface area contributed by atoms with Gasteiger partial charge in [0.2, 0.25) is 0 Å². The van der Waals surface area contributed by atoms with Gasteiger partial charge in [-0.05, 0) is 6.07 Å². The molecule has 82 valence electrons. The van der Waals surface area contributed by atoms with E-state index in [9.17, 15) is 0 Å². The summed E-state index contributed by atoms with van der Waals surface area (Å²) in [6, 6.07) is 3.61. The molecule has 2 N–H and O–H groups in total. The minimum absolute atomic E-state index is 0.165. The van der Waals surface area contributed by atoms with Gasteiger partial charge in [-0.3, -0.25) is 4.98 Å². The molecule has 0 aromatic carbocycles. The van der Waals surface area contributed by atoms with Crippen LogP contribution in [0.1, 0.15) is 11.9 Å². The van der Waals surface area contributed by atoms with Crippen molar-refractivity contribution < 1.29 is 19.7 Å². The van der Waals surface area contributed by atoms with E-state index in [-0.39, 0.29) is 13.2 Å². The maximum absolute atomic E-state index is 9.00. The molecule has 0 aliphatic carbocycles. The summed E-state index contributed by atoms with van der Waals surface area (Å²) in [7, 11) is 0. The van der Waals surface area contributed by atoms with Crippen molar-refractivity contribution in [3.63, 3.8) is 0 Å². The predicted molar refractivity (Wildman–Crippen MR) is 50.9 cm³/mol. The molecule has 1 aromatic heterocycles. The number of hydrogen-bond donors (Lipinski definition) is 2. The molecule has 2 heterocycles. The van der Waals surface area contributed by atoms with Crippen molar-refractivity contribution in [3.05, 3.63) is 30.1 Å². The van der Waals surface area contributed by atoms with Crippen molar-refractivity contribution in [1.29, 1.82) is 0 Å². The highest BCUT2D eigenvalue weighted by Crippen LogP contribution is 2.30. The average Bonchev–Trinajstić information content (AvgIpc) is 2.73. The molecule has 0 unspecified atom stereocenters. The second kappa shape index (κ2) is 4.67. The van der Waals surface area contributed by atoms with Crippen LogP contribution in [0.15, 0.2) is 24.5 Å². The molecule has 0 bridgehead atoms. The second-order valence-corrected chi connectivity index (χ2v) is 3.33. The lowest BCUT2D eigenvalue weighted by molar-refractivity contribution is -0.0772. The Morgan fingerprint density at radius 2 is 1.87 bits per heavy atom. The molecule has 1 aliphatic heterocycles. The van der Waals surface area contributed by atoms with Crippen LogP contribution in [0.25, 0.3) is 0 Å². The summed E-state index contributed by atoms with van der Waals surface area (Å²) >= 11 is 0. The molecule has 1 saturated heterocycles. The summed E-state index contributed by atoms with van der Waals surface area (Å²) in [6.45, 7) is -0.329. The normalized spacial score (nSPS) is 27.1. The van der Waals surface area contributed by atoms with E-state index in [1.807, 2.05) is 6.07 Å². The van der Waals surface area contributed by atoms with Crippen molar-refractivity contribution in [2.24, 2.45) is 0 Å². The molecular formula is C10H13NO4. The van der Waals surface area contributed by atoms with E-state index in [2.05, 4.69) is 4.98 Å². The van der Waals surface area contributed by atoms with Gasteiger partial charge >= 0.3 is 0 Å². The number of aliphatic hydroxyl groups is 2. The summed E-state index contributed by atoms with van der Waals surface area (Å²) in [4.78, 5) is 3.95. The van der Waals surface area contributed by atoms with E-state index >= 15 is 0 Å². The Bertz CT molecular complexity index is 294. The first kappa shape index (κ1) is 10.5. The molecule has 5 nitrogen and oxygen atoms in total. The van der Waals surface area contributed by atoms with Gasteiger partial charge in [-0.15, -0.1) is 0 Å². The Hall–Kier alpha value is -1.01. The second-order valence-electron chi connectivity index (χ2n) is 3.33. The lowest BCUT2D eigenvalue weighted by atomic mass is 10.2. The first-order valence-electron chi connectivity index (χ1n) is 4.77. The molecule has 0 spiro atoms. The van der Waals surface area contributed by atoms with Gasteiger partial charge in [0.1, 0.15) is 12.2 Å². The fraction of sp³-hybridized carbons (Fsp3) is 0.500. The van der Waals surface area contributed by atoms with Crippen LogP contribution in [-0.2, 0) is 9.47 Å². The highest BCUT2D eigenvalue weighted by molar-refractivity contribution is 5.11. The Morgan fingerprint density at radius 3 is 2.33 bits per heavy atom. The zero-order valence-corrected chi connectivity index (χ0v) is 8.11. The van der Waals surface area contributed by atoms with Gasteiger partial charge in [0.25, 0.3) is 0 Å². The van der Waals surface area contributed by atoms with Gasteiger partial charge in [-0.2, -0.15) is 0 Å². The number of aromatic nitrogens is 1. The fourth-order valence-corrected chi connectivity index (χ4v) is 1.52. The SMILES string of the molecule is OC[C@H]1OC(c2cccnc2)O[C@@H]1CO. The van der Waals surface area contributed by atoms with E-state index in [1.54, 1.807) is 18.5 Å². The monoisotopic (exact) mass is 211 g/mol. The molecule has 15 heavy (non-hydrogen) atoms. The van der Waals surface area contributed by atoms with Crippen molar-refractivity contribution in [2.45, 2.75) is 18.5 Å². The minimum Gasteiger partial charge on any atom is -0.394 e. The number of hydrogen-bond acceptors (Lipinski definition) is 5. The van der Waals surface area contributed by atoms with Crippen LogP contribution >= 0.6 is 0 Å². The maximum Gasteiger partial charge on any atom is 0.186 e. The third kappa shape index (κ3) is 2.15. The summed E-state index contributed by atoms with van der Waals surface area (Å²) in [5.74, 6) is 0. The summed E-state index contributed by atoms with van der Waals surface area (Å²) in [5.41, 5.74) is 0.784. The van der Waals surface area contributed by atoms with E-state index < -0.39 is 18.5 Å². The smallest absolute Gasteiger partial charge is 0.186 e. The van der Waals surface area contributed by atoms with Gasteiger partial charge in [0.05, 0.1) is 13.2 Å². The van der Waals surface area contributed by atoms with Crippen molar-refractivity contribution in [1.82, 2.24) is 4.98 Å². The van der Waals surface area contributed by atoms with Crippen LogP contribution in [0.4, 0.5) is 0 Å². The number of nitrogens with zero attached hydrogens (tertiary/aromatic N) is 1. The summed E-state index contributed by atoms with van der Waals surface area (Å²) in [6.07, 6.45) is 1.80. The Labute approximate surface area is 87.3 Å². The number of pyridine rings is 1. The number of rotatable bonds is 3. The quantitative estimate of drug-likeness (QED) is 0.727. The highest BCUT2D eigenvalue weighted by Gasteiger charge is 2.35. The first-order chi connectivity index (χ1) is 7.35. The third-order valence-electron chi connectivity index (χ3n) is 2.33. The number of ether oxygens (including phenoxy) is 2. The van der Waals surface area contributed by atoms with Crippen molar-refractivity contribution >= 4 is 0 Å². The van der Waals surface area contributed by atoms with Gasteiger partial charge in [-0.25, -0.2) is 0 Å². The van der Waals surface area contributed by atoms with Crippen molar-refractivity contribution in [2.75, 3.05) is 13.2 Å². The third-order valence-corrected chi connectivity index (χ3v) is 2.33. The van der Waals surface area contributed by atoms with E-state index in [4.69, 9.17) is 19.7 Å². The van der Waals surface area contributed by atoms with Crippen LogP contribution in [0.5, 0.6) is 0 Å². The topological polar surface area (TPSA) is 71.8 Å². The molecule has 0 saturated carbocycles. The van der Waals surface area contributed by atoms with Crippen LogP contribution in [-0.4, -0.2) is 40.6 Å². The number of aliphatic hydroxyl groups excluding tert-OH is 2. The van der Waals surface area contributed by atoms with Crippen LogP contribution in [0, 0.1) is 0 Å². The van der Waals surface area contributed by atoms with E-state index in [0.717, 1.165) is 5.56 Å².